The number of anilines is 1. The average Bonchev–Trinajstić information content (AvgIpc) is 2.91. The van der Waals surface area contributed by atoms with Gasteiger partial charge in [-0.05, 0) is 29.7 Å². The third kappa shape index (κ3) is 3.76. The maximum Gasteiger partial charge on any atom is 0.242 e. The quantitative estimate of drug-likeness (QED) is 0.491. The molecule has 3 aromatic rings. The summed E-state index contributed by atoms with van der Waals surface area (Å²) in [4.78, 5) is 15.9. The van der Waals surface area contributed by atoms with Crippen LogP contribution in [0.25, 0.3) is 0 Å². The minimum absolute atomic E-state index is 0.0294. The smallest absolute Gasteiger partial charge is 0.242 e. The van der Waals surface area contributed by atoms with Crippen LogP contribution in [0.5, 0.6) is 0 Å². The molecule has 136 valence electrons. The predicted molar refractivity (Wildman–Crippen MR) is 113 cm³/mol. The van der Waals surface area contributed by atoms with Crippen molar-refractivity contribution in [3.05, 3.63) is 96.1 Å². The molecule has 0 bridgehead atoms. The number of nitrogens with zero attached hydrogens (tertiary/aromatic N) is 1. The lowest BCUT2D eigenvalue weighted by Gasteiger charge is -2.31. The van der Waals surface area contributed by atoms with E-state index in [0.29, 0.717) is 0 Å². The minimum atomic E-state index is -0.0627. The molecule has 2 atom stereocenters. The first kappa shape index (κ1) is 18.1. The number of hydrogen-bond acceptors (Lipinski definition) is 2. The number of carbonyl (C=O) groups excluding carboxylic acids is 1. The molecule has 1 heterocycles. The molecule has 4 heteroatoms. The molecule has 1 amide bonds. The fourth-order valence-electron chi connectivity index (χ4n) is 3.64. The van der Waals surface area contributed by atoms with Crippen LogP contribution in [0, 0.1) is 0 Å². The molecule has 0 saturated carbocycles. The van der Waals surface area contributed by atoms with E-state index in [9.17, 15) is 4.79 Å². The summed E-state index contributed by atoms with van der Waals surface area (Å²) in [5, 5.41) is 0.255. The molecule has 0 spiro atoms. The standard InChI is InChI=1S/C23H20ClNOS/c24-16-23(26)25-19-13-7-8-14-21(19)27-22(18-11-5-2-6-12-18)15-20(25)17-9-3-1-4-10-17/h1-14,20,22H,15-16H2/t20-,22-/m1/s1. The van der Waals surface area contributed by atoms with Gasteiger partial charge in [0.05, 0.1) is 11.7 Å². The molecule has 0 aliphatic carbocycles. The zero-order valence-corrected chi connectivity index (χ0v) is 16.4. The van der Waals surface area contributed by atoms with Crippen LogP contribution in [0.1, 0.15) is 28.8 Å². The minimum Gasteiger partial charge on any atom is -0.303 e. The van der Waals surface area contributed by atoms with Crippen molar-refractivity contribution in [3.8, 4) is 0 Å². The first-order valence-corrected chi connectivity index (χ1v) is 10.4. The summed E-state index contributed by atoms with van der Waals surface area (Å²) in [6, 6.07) is 28.9. The van der Waals surface area contributed by atoms with Crippen molar-refractivity contribution in [2.45, 2.75) is 22.6 Å². The van der Waals surface area contributed by atoms with Gasteiger partial charge < -0.3 is 4.90 Å². The zero-order chi connectivity index (χ0) is 18.6. The second kappa shape index (κ2) is 8.20. The predicted octanol–water partition coefficient (Wildman–Crippen LogP) is 6.24. The normalized spacial score (nSPS) is 19.2. The van der Waals surface area contributed by atoms with E-state index in [4.69, 9.17) is 11.6 Å². The Morgan fingerprint density at radius 1 is 0.889 bits per heavy atom. The molecular formula is C23H20ClNOS. The lowest BCUT2D eigenvalue weighted by Crippen LogP contribution is -2.36. The fourth-order valence-corrected chi connectivity index (χ4v) is 5.09. The Kier molecular flexibility index (Phi) is 5.51. The molecule has 2 nitrogen and oxygen atoms in total. The first-order chi connectivity index (χ1) is 13.3. The van der Waals surface area contributed by atoms with E-state index >= 15 is 0 Å². The number of thioether (sulfide) groups is 1. The van der Waals surface area contributed by atoms with Crippen LogP contribution in [-0.2, 0) is 4.79 Å². The van der Waals surface area contributed by atoms with Gasteiger partial charge in [-0.15, -0.1) is 23.4 Å². The molecule has 0 radical (unpaired) electrons. The summed E-state index contributed by atoms with van der Waals surface area (Å²) in [5.41, 5.74) is 3.35. The fraction of sp³-hybridized carbons (Fsp3) is 0.174. The number of fused-ring (bicyclic) bond motifs is 1. The first-order valence-electron chi connectivity index (χ1n) is 9.01. The second-order valence-corrected chi connectivity index (χ2v) is 8.06. The summed E-state index contributed by atoms with van der Waals surface area (Å²) in [6.07, 6.45) is 0.829. The van der Waals surface area contributed by atoms with E-state index in [0.717, 1.165) is 22.6 Å². The van der Waals surface area contributed by atoms with Gasteiger partial charge in [0.25, 0.3) is 0 Å². The highest BCUT2D eigenvalue weighted by atomic mass is 35.5. The van der Waals surface area contributed by atoms with Gasteiger partial charge in [0.1, 0.15) is 5.88 Å². The molecule has 1 aliphatic heterocycles. The molecule has 3 aromatic carbocycles. The van der Waals surface area contributed by atoms with Gasteiger partial charge in [0.15, 0.2) is 0 Å². The number of benzene rings is 3. The average molecular weight is 394 g/mol. The van der Waals surface area contributed by atoms with E-state index in [1.165, 1.54) is 5.56 Å². The van der Waals surface area contributed by atoms with Gasteiger partial charge >= 0.3 is 0 Å². The number of para-hydroxylation sites is 1. The van der Waals surface area contributed by atoms with Crippen molar-refractivity contribution in [2.75, 3.05) is 10.8 Å². The molecule has 4 rings (SSSR count). The van der Waals surface area contributed by atoms with Crippen LogP contribution in [0.3, 0.4) is 0 Å². The van der Waals surface area contributed by atoms with Crippen molar-refractivity contribution in [2.24, 2.45) is 0 Å². The molecule has 27 heavy (non-hydrogen) atoms. The number of hydrogen-bond donors (Lipinski definition) is 0. The number of carbonyl (C=O) groups is 1. The van der Waals surface area contributed by atoms with Crippen LogP contribution in [0.4, 0.5) is 5.69 Å². The number of amides is 1. The third-order valence-corrected chi connectivity index (χ3v) is 6.46. The van der Waals surface area contributed by atoms with E-state index in [1.807, 2.05) is 59.1 Å². The van der Waals surface area contributed by atoms with Crippen molar-refractivity contribution in [1.82, 2.24) is 0 Å². The van der Waals surface area contributed by atoms with Crippen LogP contribution >= 0.6 is 23.4 Å². The number of alkyl halides is 1. The van der Waals surface area contributed by atoms with Crippen LogP contribution in [-0.4, -0.2) is 11.8 Å². The van der Waals surface area contributed by atoms with Crippen molar-refractivity contribution in [1.29, 1.82) is 0 Å². The number of halogens is 1. The van der Waals surface area contributed by atoms with Gasteiger partial charge in [-0.2, -0.15) is 0 Å². The lowest BCUT2D eigenvalue weighted by atomic mass is 9.96. The summed E-state index contributed by atoms with van der Waals surface area (Å²) in [5.74, 6) is -0.0921. The van der Waals surface area contributed by atoms with E-state index < -0.39 is 0 Å². The topological polar surface area (TPSA) is 20.3 Å². The lowest BCUT2D eigenvalue weighted by molar-refractivity contribution is -0.116. The monoisotopic (exact) mass is 393 g/mol. The van der Waals surface area contributed by atoms with Gasteiger partial charge in [-0.1, -0.05) is 72.8 Å². The van der Waals surface area contributed by atoms with E-state index in [1.54, 1.807) is 0 Å². The molecular weight excluding hydrogens is 374 g/mol. The molecule has 0 fully saturated rings. The zero-order valence-electron chi connectivity index (χ0n) is 14.8. The maximum atomic E-state index is 12.9. The van der Waals surface area contributed by atoms with Gasteiger partial charge in [0.2, 0.25) is 5.91 Å². The Balaban J connectivity index is 1.86. The summed E-state index contributed by atoms with van der Waals surface area (Å²) in [6.45, 7) is 0. The molecule has 0 aromatic heterocycles. The Bertz CT molecular complexity index is 916. The van der Waals surface area contributed by atoms with E-state index in [2.05, 4.69) is 42.5 Å². The highest BCUT2D eigenvalue weighted by Gasteiger charge is 2.34. The molecule has 1 aliphatic rings. The Morgan fingerprint density at radius 2 is 1.48 bits per heavy atom. The van der Waals surface area contributed by atoms with E-state index in [-0.39, 0.29) is 23.1 Å². The Morgan fingerprint density at radius 3 is 2.15 bits per heavy atom. The van der Waals surface area contributed by atoms with Crippen molar-refractivity contribution >= 4 is 35.0 Å². The SMILES string of the molecule is O=C(CCl)N1c2ccccc2S[C@@H](c2ccccc2)C[C@@H]1c1ccccc1. The number of rotatable bonds is 3. The van der Waals surface area contributed by atoms with Gasteiger partial charge in [-0.25, -0.2) is 0 Å². The highest BCUT2D eigenvalue weighted by Crippen LogP contribution is 2.50. The van der Waals surface area contributed by atoms with Crippen LogP contribution in [0.2, 0.25) is 0 Å². The van der Waals surface area contributed by atoms with Gasteiger partial charge in [0, 0.05) is 10.1 Å². The van der Waals surface area contributed by atoms with Crippen LogP contribution in [0.15, 0.2) is 89.8 Å². The summed E-state index contributed by atoms with van der Waals surface area (Å²) >= 11 is 7.84. The second-order valence-electron chi connectivity index (χ2n) is 6.54. The highest BCUT2D eigenvalue weighted by molar-refractivity contribution is 7.99. The molecule has 0 saturated heterocycles. The Hall–Kier alpha value is -2.23. The van der Waals surface area contributed by atoms with Crippen molar-refractivity contribution < 1.29 is 4.79 Å². The maximum absolute atomic E-state index is 12.9. The molecule has 0 N–H and O–H groups in total. The largest absolute Gasteiger partial charge is 0.303 e. The summed E-state index contributed by atoms with van der Waals surface area (Å²) in [7, 11) is 0. The molecule has 0 unspecified atom stereocenters. The van der Waals surface area contributed by atoms with Gasteiger partial charge in [-0.3, -0.25) is 4.79 Å². The van der Waals surface area contributed by atoms with Crippen LogP contribution < -0.4 is 4.90 Å². The van der Waals surface area contributed by atoms with Crippen molar-refractivity contribution in [3.63, 3.8) is 0 Å². The third-order valence-electron chi connectivity index (χ3n) is 4.88. The Labute approximate surface area is 169 Å². The summed E-state index contributed by atoms with van der Waals surface area (Å²) < 4.78 is 0.